The molecule has 0 aromatic heterocycles. The van der Waals surface area contributed by atoms with Crippen molar-refractivity contribution in [2.75, 3.05) is 25.1 Å². The molecule has 4 nitrogen and oxygen atoms in total. The Morgan fingerprint density at radius 3 is 2.03 bits per heavy atom. The van der Waals surface area contributed by atoms with Gasteiger partial charge in [0.05, 0.1) is 6.61 Å². The number of nitrogens with one attached hydrogen (secondary N) is 1. The number of hydrogen-bond acceptors (Lipinski definition) is 4. The maximum Gasteiger partial charge on any atom is 0.124 e. The van der Waals surface area contributed by atoms with Crippen LogP contribution in [0.5, 0.6) is 17.2 Å². The summed E-state index contributed by atoms with van der Waals surface area (Å²) in [5.41, 5.74) is 3.39. The average Bonchev–Trinajstić information content (AvgIpc) is 2.88. The Labute approximate surface area is 195 Å². The Kier molecular flexibility index (Phi) is 8.24. The molecule has 4 aromatic rings. The Hall–Kier alpha value is -3.92. The van der Waals surface area contributed by atoms with E-state index in [0.29, 0.717) is 26.4 Å². The molecule has 0 aliphatic carbocycles. The van der Waals surface area contributed by atoms with Gasteiger partial charge >= 0.3 is 0 Å². The summed E-state index contributed by atoms with van der Waals surface area (Å²) >= 11 is 0. The molecule has 4 rings (SSSR count). The van der Waals surface area contributed by atoms with Crippen LogP contribution in [0.15, 0.2) is 109 Å². The van der Waals surface area contributed by atoms with Gasteiger partial charge in [0.25, 0.3) is 0 Å². The summed E-state index contributed by atoms with van der Waals surface area (Å²) in [4.78, 5) is 0. The van der Waals surface area contributed by atoms with E-state index in [-0.39, 0.29) is 0 Å². The number of ether oxygens (including phenoxy) is 3. The van der Waals surface area contributed by atoms with Crippen LogP contribution in [-0.2, 0) is 13.0 Å². The molecular formula is C29H29NO3. The molecule has 0 radical (unpaired) electrons. The summed E-state index contributed by atoms with van der Waals surface area (Å²) in [7, 11) is 0. The van der Waals surface area contributed by atoms with Gasteiger partial charge in [-0.25, -0.2) is 0 Å². The topological polar surface area (TPSA) is 39.7 Å². The van der Waals surface area contributed by atoms with Crippen LogP contribution >= 0.6 is 0 Å². The molecule has 0 bridgehead atoms. The average molecular weight is 440 g/mol. The largest absolute Gasteiger partial charge is 0.493 e. The molecule has 0 aliphatic heterocycles. The third kappa shape index (κ3) is 7.32. The molecule has 4 heteroatoms. The zero-order valence-corrected chi connectivity index (χ0v) is 18.7. The molecule has 4 aromatic carbocycles. The van der Waals surface area contributed by atoms with Gasteiger partial charge in [-0.05, 0) is 35.9 Å². The van der Waals surface area contributed by atoms with E-state index in [9.17, 15) is 0 Å². The lowest BCUT2D eigenvalue weighted by Crippen LogP contribution is -2.09. The van der Waals surface area contributed by atoms with Crippen LogP contribution in [-0.4, -0.2) is 19.8 Å². The van der Waals surface area contributed by atoms with E-state index < -0.39 is 0 Å². The highest BCUT2D eigenvalue weighted by atomic mass is 16.5. The van der Waals surface area contributed by atoms with Crippen LogP contribution in [0.3, 0.4) is 0 Å². The van der Waals surface area contributed by atoms with Gasteiger partial charge in [0.15, 0.2) is 0 Å². The monoisotopic (exact) mass is 439 g/mol. The van der Waals surface area contributed by atoms with Crippen LogP contribution in [0.1, 0.15) is 11.1 Å². The molecule has 0 amide bonds. The molecule has 0 fully saturated rings. The van der Waals surface area contributed by atoms with Crippen molar-refractivity contribution in [3.63, 3.8) is 0 Å². The van der Waals surface area contributed by atoms with Gasteiger partial charge in [-0.2, -0.15) is 0 Å². The molecule has 0 saturated heterocycles. The molecule has 33 heavy (non-hydrogen) atoms. The van der Waals surface area contributed by atoms with Crippen molar-refractivity contribution < 1.29 is 14.2 Å². The first-order valence-electron chi connectivity index (χ1n) is 11.3. The van der Waals surface area contributed by atoms with Crippen LogP contribution in [0.2, 0.25) is 0 Å². The number of hydrogen-bond donors (Lipinski definition) is 1. The van der Waals surface area contributed by atoms with Crippen LogP contribution in [0, 0.1) is 0 Å². The Balaban J connectivity index is 1.25. The van der Waals surface area contributed by atoms with E-state index in [0.717, 1.165) is 34.9 Å². The SMILES string of the molecule is c1ccc(CCOc2ccccc2CNc2cccc(OCCOc3ccccc3)c2)cc1. The van der Waals surface area contributed by atoms with Gasteiger partial charge in [0, 0.05) is 30.3 Å². The summed E-state index contributed by atoms with van der Waals surface area (Å²) in [6, 6.07) is 36.3. The molecule has 0 atom stereocenters. The number of rotatable bonds is 12. The Morgan fingerprint density at radius 1 is 0.545 bits per heavy atom. The lowest BCUT2D eigenvalue weighted by atomic mass is 10.1. The maximum absolute atomic E-state index is 6.08. The first-order valence-corrected chi connectivity index (χ1v) is 11.3. The molecule has 0 aliphatic rings. The van der Waals surface area contributed by atoms with Gasteiger partial charge in [-0.15, -0.1) is 0 Å². The van der Waals surface area contributed by atoms with Crippen molar-refractivity contribution in [3.8, 4) is 17.2 Å². The number of benzene rings is 4. The second kappa shape index (κ2) is 12.2. The molecular weight excluding hydrogens is 410 g/mol. The predicted octanol–water partition coefficient (Wildman–Crippen LogP) is 6.38. The highest BCUT2D eigenvalue weighted by Crippen LogP contribution is 2.22. The highest BCUT2D eigenvalue weighted by molar-refractivity contribution is 5.49. The van der Waals surface area contributed by atoms with Crippen LogP contribution in [0.25, 0.3) is 0 Å². The molecule has 168 valence electrons. The number of anilines is 1. The first-order chi connectivity index (χ1) is 16.4. The van der Waals surface area contributed by atoms with E-state index in [1.54, 1.807) is 0 Å². The smallest absolute Gasteiger partial charge is 0.124 e. The number of para-hydroxylation sites is 2. The second-order valence-corrected chi connectivity index (χ2v) is 7.58. The van der Waals surface area contributed by atoms with E-state index in [1.165, 1.54) is 5.56 Å². The summed E-state index contributed by atoms with van der Waals surface area (Å²) in [5.74, 6) is 2.57. The summed E-state index contributed by atoms with van der Waals surface area (Å²) in [6.45, 7) is 2.29. The Bertz CT molecular complexity index is 1100. The van der Waals surface area contributed by atoms with E-state index in [4.69, 9.17) is 14.2 Å². The van der Waals surface area contributed by atoms with Gasteiger partial charge in [-0.3, -0.25) is 0 Å². The van der Waals surface area contributed by atoms with Crippen molar-refractivity contribution in [1.29, 1.82) is 0 Å². The van der Waals surface area contributed by atoms with E-state index in [1.807, 2.05) is 78.9 Å². The molecule has 0 spiro atoms. The predicted molar refractivity (Wildman–Crippen MR) is 133 cm³/mol. The zero-order valence-electron chi connectivity index (χ0n) is 18.7. The van der Waals surface area contributed by atoms with Crippen molar-refractivity contribution in [3.05, 3.63) is 120 Å². The molecule has 1 N–H and O–H groups in total. The minimum atomic E-state index is 0.483. The molecule has 0 heterocycles. The fourth-order valence-corrected chi connectivity index (χ4v) is 3.44. The molecule has 0 saturated carbocycles. The van der Waals surface area contributed by atoms with Crippen molar-refractivity contribution >= 4 is 5.69 Å². The minimum absolute atomic E-state index is 0.483. The van der Waals surface area contributed by atoms with Crippen LogP contribution in [0.4, 0.5) is 5.69 Å². The van der Waals surface area contributed by atoms with Gasteiger partial charge in [0.2, 0.25) is 0 Å². The summed E-state index contributed by atoms with van der Waals surface area (Å²) in [6.07, 6.45) is 0.885. The fraction of sp³-hybridized carbons (Fsp3) is 0.172. The van der Waals surface area contributed by atoms with Gasteiger partial charge in [0.1, 0.15) is 30.5 Å². The maximum atomic E-state index is 6.08. The van der Waals surface area contributed by atoms with Crippen LogP contribution < -0.4 is 19.5 Å². The zero-order chi connectivity index (χ0) is 22.6. The van der Waals surface area contributed by atoms with Gasteiger partial charge < -0.3 is 19.5 Å². The quantitative estimate of drug-likeness (QED) is 0.260. The summed E-state index contributed by atoms with van der Waals surface area (Å²) in [5, 5.41) is 3.47. The summed E-state index contributed by atoms with van der Waals surface area (Å²) < 4.78 is 17.6. The second-order valence-electron chi connectivity index (χ2n) is 7.58. The fourth-order valence-electron chi connectivity index (χ4n) is 3.44. The van der Waals surface area contributed by atoms with E-state index >= 15 is 0 Å². The normalized spacial score (nSPS) is 10.4. The standard InChI is InChI=1S/C29H29NO3/c1-3-10-24(11-4-1)18-19-33-29-17-8-7-12-25(29)23-30-26-13-9-16-28(22-26)32-21-20-31-27-14-5-2-6-15-27/h1-17,22,30H,18-21,23H2. The lowest BCUT2D eigenvalue weighted by molar-refractivity contribution is 0.217. The van der Waals surface area contributed by atoms with E-state index in [2.05, 4.69) is 35.6 Å². The van der Waals surface area contributed by atoms with Crippen molar-refractivity contribution in [1.82, 2.24) is 0 Å². The Morgan fingerprint density at radius 2 is 1.21 bits per heavy atom. The third-order valence-electron chi connectivity index (χ3n) is 5.14. The first kappa shape index (κ1) is 22.3. The highest BCUT2D eigenvalue weighted by Gasteiger charge is 2.04. The van der Waals surface area contributed by atoms with Crippen molar-refractivity contribution in [2.45, 2.75) is 13.0 Å². The lowest BCUT2D eigenvalue weighted by Gasteiger charge is -2.14. The van der Waals surface area contributed by atoms with Gasteiger partial charge in [-0.1, -0.05) is 72.8 Å². The minimum Gasteiger partial charge on any atom is -0.493 e. The van der Waals surface area contributed by atoms with Crippen molar-refractivity contribution in [2.24, 2.45) is 0 Å². The molecule has 0 unspecified atom stereocenters. The third-order valence-corrected chi connectivity index (χ3v) is 5.14.